The van der Waals surface area contributed by atoms with Crippen LogP contribution in [0, 0.1) is 17.0 Å². The molecule has 1 aromatic carbocycles. The number of carbonyl (C=O) groups excluding carboxylic acids is 1. The van der Waals surface area contributed by atoms with Gasteiger partial charge in [0.05, 0.1) is 11.5 Å². The van der Waals surface area contributed by atoms with Crippen LogP contribution in [0.4, 0.5) is 11.4 Å². The summed E-state index contributed by atoms with van der Waals surface area (Å²) in [6, 6.07) is 4.53. The number of nitrogens with one attached hydrogen (secondary N) is 2. The minimum atomic E-state index is -0.457. The van der Waals surface area contributed by atoms with Gasteiger partial charge in [-0.2, -0.15) is 0 Å². The first-order valence-corrected chi connectivity index (χ1v) is 5.80. The number of nitro benzene ring substituents is 1. The third-order valence-electron chi connectivity index (χ3n) is 2.44. The van der Waals surface area contributed by atoms with Crippen molar-refractivity contribution in [3.8, 4) is 0 Å². The summed E-state index contributed by atoms with van der Waals surface area (Å²) in [4.78, 5) is 21.6. The maximum Gasteiger partial charge on any atom is 0.271 e. The van der Waals surface area contributed by atoms with Crippen molar-refractivity contribution in [3.05, 3.63) is 33.9 Å². The minimum absolute atomic E-state index is 0.0112. The van der Waals surface area contributed by atoms with Crippen molar-refractivity contribution >= 4 is 17.3 Å². The van der Waals surface area contributed by atoms with Crippen molar-refractivity contribution in [1.82, 2.24) is 5.32 Å². The smallest absolute Gasteiger partial charge is 0.271 e. The maximum absolute atomic E-state index is 11.4. The van der Waals surface area contributed by atoms with E-state index in [2.05, 4.69) is 10.6 Å². The molecule has 0 bridgehead atoms. The summed E-state index contributed by atoms with van der Waals surface area (Å²) < 4.78 is 0. The summed E-state index contributed by atoms with van der Waals surface area (Å²) >= 11 is 0. The fraction of sp³-hybridized carbons (Fsp3) is 0.417. The minimum Gasteiger partial charge on any atom is -0.376 e. The number of nitrogens with zero attached hydrogens (tertiary/aromatic N) is 1. The quantitative estimate of drug-likeness (QED) is 0.597. The van der Waals surface area contributed by atoms with E-state index in [1.165, 1.54) is 12.1 Å². The van der Waals surface area contributed by atoms with Gasteiger partial charge >= 0.3 is 0 Å². The number of carbonyl (C=O) groups is 1. The molecule has 0 atom stereocenters. The Bertz CT molecular complexity index is 446. The van der Waals surface area contributed by atoms with Gasteiger partial charge in [-0.25, -0.2) is 0 Å². The number of aryl methyl sites for hydroxylation is 1. The molecule has 6 nitrogen and oxygen atoms in total. The number of rotatable bonds is 6. The van der Waals surface area contributed by atoms with Crippen LogP contribution in [0.3, 0.4) is 0 Å². The molecule has 0 saturated carbocycles. The molecular formula is C12H17N3O3. The molecule has 0 fully saturated rings. The van der Waals surface area contributed by atoms with Crippen LogP contribution in [-0.2, 0) is 4.79 Å². The number of non-ortho nitro benzene ring substituents is 1. The highest BCUT2D eigenvalue weighted by atomic mass is 16.6. The van der Waals surface area contributed by atoms with Crippen LogP contribution < -0.4 is 10.6 Å². The lowest BCUT2D eigenvalue weighted by Crippen LogP contribution is -2.30. The lowest BCUT2D eigenvalue weighted by molar-refractivity contribution is -0.384. The van der Waals surface area contributed by atoms with Gasteiger partial charge in [-0.3, -0.25) is 14.9 Å². The van der Waals surface area contributed by atoms with Crippen LogP contribution in [0.15, 0.2) is 18.2 Å². The van der Waals surface area contributed by atoms with Crippen molar-refractivity contribution in [3.63, 3.8) is 0 Å². The average molecular weight is 251 g/mol. The summed E-state index contributed by atoms with van der Waals surface area (Å²) in [5, 5.41) is 16.3. The molecular weight excluding hydrogens is 234 g/mol. The largest absolute Gasteiger partial charge is 0.376 e. The predicted molar refractivity (Wildman–Crippen MR) is 69.6 cm³/mol. The zero-order valence-electron chi connectivity index (χ0n) is 10.5. The molecule has 0 aliphatic carbocycles. The second-order valence-electron chi connectivity index (χ2n) is 3.96. The highest BCUT2D eigenvalue weighted by molar-refractivity contribution is 5.81. The predicted octanol–water partition coefficient (Wildman–Crippen LogP) is 1.84. The molecule has 1 aromatic rings. The number of anilines is 1. The van der Waals surface area contributed by atoms with E-state index < -0.39 is 4.92 Å². The van der Waals surface area contributed by atoms with Gasteiger partial charge in [0.25, 0.3) is 5.69 Å². The molecule has 6 heteroatoms. The molecule has 0 aliphatic rings. The molecule has 0 saturated heterocycles. The highest BCUT2D eigenvalue weighted by Crippen LogP contribution is 2.21. The topological polar surface area (TPSA) is 84.3 Å². The average Bonchev–Trinajstić information content (AvgIpc) is 2.35. The van der Waals surface area contributed by atoms with E-state index in [4.69, 9.17) is 0 Å². The van der Waals surface area contributed by atoms with Crippen LogP contribution in [0.1, 0.15) is 18.9 Å². The van der Waals surface area contributed by atoms with Crippen LogP contribution in [0.2, 0.25) is 0 Å². The van der Waals surface area contributed by atoms with E-state index in [-0.39, 0.29) is 18.1 Å². The van der Waals surface area contributed by atoms with Gasteiger partial charge in [0.1, 0.15) is 0 Å². The van der Waals surface area contributed by atoms with Gasteiger partial charge in [0.15, 0.2) is 0 Å². The Labute approximate surface area is 106 Å². The van der Waals surface area contributed by atoms with E-state index >= 15 is 0 Å². The maximum atomic E-state index is 11.4. The summed E-state index contributed by atoms with van der Waals surface area (Å²) in [5.41, 5.74) is 1.48. The number of hydrogen-bond donors (Lipinski definition) is 2. The second-order valence-corrected chi connectivity index (χ2v) is 3.96. The molecule has 98 valence electrons. The van der Waals surface area contributed by atoms with Gasteiger partial charge in [-0.05, 0) is 18.9 Å². The van der Waals surface area contributed by atoms with Gasteiger partial charge in [0, 0.05) is 24.4 Å². The van der Waals surface area contributed by atoms with Crippen LogP contribution >= 0.6 is 0 Å². The first-order chi connectivity index (χ1) is 8.54. The molecule has 1 rings (SSSR count). The molecule has 0 unspecified atom stereocenters. The Morgan fingerprint density at radius 3 is 2.78 bits per heavy atom. The fourth-order valence-corrected chi connectivity index (χ4v) is 1.42. The normalized spacial score (nSPS) is 9.89. The molecule has 18 heavy (non-hydrogen) atoms. The zero-order valence-corrected chi connectivity index (χ0v) is 10.5. The Hall–Kier alpha value is -2.11. The Morgan fingerprint density at radius 2 is 2.17 bits per heavy atom. The highest BCUT2D eigenvalue weighted by Gasteiger charge is 2.09. The molecule has 0 spiro atoms. The molecule has 2 N–H and O–H groups in total. The van der Waals surface area contributed by atoms with E-state index in [0.29, 0.717) is 12.2 Å². The van der Waals surface area contributed by atoms with Gasteiger partial charge < -0.3 is 10.6 Å². The molecule has 0 radical (unpaired) electrons. The van der Waals surface area contributed by atoms with Gasteiger partial charge in [0.2, 0.25) is 5.91 Å². The van der Waals surface area contributed by atoms with E-state index in [1.807, 2.05) is 13.8 Å². The Morgan fingerprint density at radius 1 is 1.44 bits per heavy atom. The summed E-state index contributed by atoms with van der Waals surface area (Å²) in [7, 11) is 0. The van der Waals surface area contributed by atoms with E-state index in [1.54, 1.807) is 6.07 Å². The van der Waals surface area contributed by atoms with E-state index in [9.17, 15) is 14.9 Å². The summed E-state index contributed by atoms with van der Waals surface area (Å²) in [6.07, 6.45) is 0.877. The SMILES string of the molecule is CCCNC(=O)CNc1cc([N+](=O)[O-])ccc1C. The lowest BCUT2D eigenvalue weighted by atomic mass is 10.2. The molecule has 1 amide bonds. The second kappa shape index (κ2) is 6.58. The molecule has 0 aliphatic heterocycles. The first-order valence-electron chi connectivity index (χ1n) is 5.80. The van der Waals surface area contributed by atoms with Gasteiger partial charge in [-0.1, -0.05) is 13.0 Å². The van der Waals surface area contributed by atoms with Gasteiger partial charge in [-0.15, -0.1) is 0 Å². The summed E-state index contributed by atoms with van der Waals surface area (Å²) in [6.45, 7) is 4.55. The fourth-order valence-electron chi connectivity index (χ4n) is 1.42. The Kier molecular flexibility index (Phi) is 5.10. The summed E-state index contributed by atoms with van der Waals surface area (Å²) in [5.74, 6) is -0.122. The van der Waals surface area contributed by atoms with Crippen molar-refractivity contribution in [2.45, 2.75) is 20.3 Å². The van der Waals surface area contributed by atoms with Crippen LogP contribution in [0.25, 0.3) is 0 Å². The van der Waals surface area contributed by atoms with Crippen LogP contribution in [0.5, 0.6) is 0 Å². The first kappa shape index (κ1) is 14.0. The molecule has 0 aromatic heterocycles. The number of hydrogen-bond acceptors (Lipinski definition) is 4. The number of benzene rings is 1. The number of nitro groups is 1. The van der Waals surface area contributed by atoms with Crippen molar-refractivity contribution in [1.29, 1.82) is 0 Å². The van der Waals surface area contributed by atoms with Crippen molar-refractivity contribution in [2.75, 3.05) is 18.4 Å². The Balaban J connectivity index is 2.63. The third kappa shape index (κ3) is 4.04. The standard InChI is InChI=1S/C12H17N3O3/c1-3-6-13-12(16)8-14-11-7-10(15(17)18)5-4-9(11)2/h4-5,7,14H,3,6,8H2,1-2H3,(H,13,16). The lowest BCUT2D eigenvalue weighted by Gasteiger charge is -2.09. The number of amides is 1. The monoisotopic (exact) mass is 251 g/mol. The third-order valence-corrected chi connectivity index (χ3v) is 2.44. The van der Waals surface area contributed by atoms with Crippen molar-refractivity contribution < 1.29 is 9.72 Å². The van der Waals surface area contributed by atoms with Crippen LogP contribution in [-0.4, -0.2) is 23.9 Å². The molecule has 0 heterocycles. The zero-order chi connectivity index (χ0) is 13.5. The van der Waals surface area contributed by atoms with Crippen molar-refractivity contribution in [2.24, 2.45) is 0 Å². The van der Waals surface area contributed by atoms with E-state index in [0.717, 1.165) is 12.0 Å².